The van der Waals surface area contributed by atoms with Crippen LogP contribution in [0.5, 0.6) is 0 Å². The first-order valence-electron chi connectivity index (χ1n) is 15.9. The van der Waals surface area contributed by atoms with Crippen LogP contribution in [0.15, 0.2) is 119 Å². The summed E-state index contributed by atoms with van der Waals surface area (Å²) in [5.74, 6) is 0. The van der Waals surface area contributed by atoms with Crippen molar-refractivity contribution in [2.45, 2.75) is 118 Å². The molecule has 0 aromatic heterocycles. The highest BCUT2D eigenvalue weighted by Gasteiger charge is 2.74. The Morgan fingerprint density at radius 2 is 1.19 bits per heavy atom. The van der Waals surface area contributed by atoms with Crippen molar-refractivity contribution >= 4 is 0 Å². The van der Waals surface area contributed by atoms with Gasteiger partial charge in [-0.15, -0.1) is 0 Å². The Morgan fingerprint density at radius 1 is 0.674 bits per heavy atom. The minimum absolute atomic E-state index is 0.00262. The molecule has 1 saturated heterocycles. The maximum Gasteiger partial charge on any atom is 0.121 e. The van der Waals surface area contributed by atoms with E-state index in [1.807, 2.05) is 0 Å². The van der Waals surface area contributed by atoms with Crippen molar-refractivity contribution in [3.8, 4) is 0 Å². The maximum atomic E-state index is 10.2. The molecular weight excluding hydrogens is 528 g/mol. The van der Waals surface area contributed by atoms with Crippen LogP contribution in [0.2, 0.25) is 0 Å². The summed E-state index contributed by atoms with van der Waals surface area (Å²) in [6.45, 7) is 21.5. The first-order valence-corrected chi connectivity index (χ1v) is 15.9. The molecule has 0 amide bonds. The van der Waals surface area contributed by atoms with Crippen molar-refractivity contribution in [1.29, 1.82) is 0 Å². The van der Waals surface area contributed by atoms with E-state index in [0.717, 1.165) is 19.3 Å². The molecule has 0 aromatic rings. The summed E-state index contributed by atoms with van der Waals surface area (Å²) in [7, 11) is 0. The van der Waals surface area contributed by atoms with E-state index in [0.29, 0.717) is 6.42 Å². The summed E-state index contributed by atoms with van der Waals surface area (Å²) < 4.78 is 6.25. The van der Waals surface area contributed by atoms with Crippen molar-refractivity contribution in [2.24, 2.45) is 10.8 Å². The van der Waals surface area contributed by atoms with E-state index in [-0.39, 0.29) is 34.2 Å². The third kappa shape index (κ3) is 8.91. The molecule has 1 heterocycles. The van der Waals surface area contributed by atoms with Gasteiger partial charge >= 0.3 is 0 Å². The van der Waals surface area contributed by atoms with Crippen LogP contribution in [0, 0.1) is 10.8 Å². The molecule has 0 bridgehead atoms. The molecule has 4 unspecified atom stereocenters. The lowest BCUT2D eigenvalue weighted by Crippen LogP contribution is -2.46. The second-order valence-electron chi connectivity index (χ2n) is 14.6. The van der Waals surface area contributed by atoms with E-state index in [9.17, 15) is 10.2 Å². The van der Waals surface area contributed by atoms with Gasteiger partial charge in [-0.05, 0) is 77.9 Å². The van der Waals surface area contributed by atoms with Crippen LogP contribution in [0.4, 0.5) is 0 Å². The summed E-state index contributed by atoms with van der Waals surface area (Å²) >= 11 is 0. The Kier molecular flexibility index (Phi) is 11.3. The first-order chi connectivity index (χ1) is 20.0. The van der Waals surface area contributed by atoms with Gasteiger partial charge in [-0.1, -0.05) is 135 Å². The summed E-state index contributed by atoms with van der Waals surface area (Å²) in [4.78, 5) is 0. The van der Waals surface area contributed by atoms with Gasteiger partial charge in [0.25, 0.3) is 0 Å². The number of aliphatic hydroxyl groups excluding tert-OH is 2. The van der Waals surface area contributed by atoms with Crippen LogP contribution in [0.25, 0.3) is 0 Å². The highest BCUT2D eigenvalue weighted by Crippen LogP contribution is 2.66. The molecule has 2 aliphatic carbocycles. The number of hydrogen-bond acceptors (Lipinski definition) is 3. The zero-order chi connectivity index (χ0) is 32.1. The molecule has 0 radical (unpaired) electrons. The Bertz CT molecular complexity index is 1330. The lowest BCUT2D eigenvalue weighted by atomic mass is 9.63. The molecule has 2 N–H and O–H groups in total. The molecule has 3 nitrogen and oxygen atoms in total. The Labute approximate surface area is 262 Å². The highest BCUT2D eigenvalue weighted by molar-refractivity contribution is 5.39. The maximum absolute atomic E-state index is 10.2. The molecule has 3 rings (SSSR count). The molecule has 3 aliphatic rings. The van der Waals surface area contributed by atoms with E-state index in [1.54, 1.807) is 0 Å². The number of aliphatic hydroxyl groups is 2. The summed E-state index contributed by atoms with van der Waals surface area (Å²) in [6, 6.07) is 0. The fourth-order valence-electron chi connectivity index (χ4n) is 7.06. The topological polar surface area (TPSA) is 53.0 Å². The van der Waals surface area contributed by atoms with Gasteiger partial charge in [-0.25, -0.2) is 0 Å². The molecule has 2 fully saturated rings. The van der Waals surface area contributed by atoms with Crippen LogP contribution in [-0.4, -0.2) is 33.6 Å². The Hall–Kier alpha value is -2.72. The number of fused-ring (bicyclic) bond motifs is 1. The summed E-state index contributed by atoms with van der Waals surface area (Å²) in [5, 5.41) is 20.4. The van der Waals surface area contributed by atoms with E-state index in [2.05, 4.69) is 154 Å². The van der Waals surface area contributed by atoms with E-state index in [4.69, 9.17) is 4.74 Å². The fourth-order valence-corrected chi connectivity index (χ4v) is 7.06. The van der Waals surface area contributed by atoms with Gasteiger partial charge in [0.05, 0.1) is 12.2 Å². The van der Waals surface area contributed by atoms with Gasteiger partial charge in [-0.2, -0.15) is 0 Å². The predicted octanol–water partition coefficient (Wildman–Crippen LogP) is 9.76. The Morgan fingerprint density at radius 3 is 1.72 bits per heavy atom. The van der Waals surface area contributed by atoms with E-state index in [1.165, 1.54) is 33.4 Å². The Balaban J connectivity index is 1.50. The minimum atomic E-state index is -0.291. The third-order valence-corrected chi connectivity index (χ3v) is 9.34. The van der Waals surface area contributed by atoms with Gasteiger partial charge in [0, 0.05) is 11.8 Å². The monoisotopic (exact) mass is 584 g/mol. The van der Waals surface area contributed by atoms with Crippen molar-refractivity contribution in [2.75, 3.05) is 0 Å². The smallest absolute Gasteiger partial charge is 0.121 e. The van der Waals surface area contributed by atoms with Crippen molar-refractivity contribution in [3.63, 3.8) is 0 Å². The van der Waals surface area contributed by atoms with E-state index < -0.39 is 0 Å². The van der Waals surface area contributed by atoms with Crippen molar-refractivity contribution in [1.82, 2.24) is 0 Å². The SMILES string of the molecule is CC(C=CC=C(C)C=CC1=C(C)CC(O)CC1(C)C)=CC=CC=C(C)C=CC=C(C)C=CC12OC1(C)CC(O)CC2(C)C. The van der Waals surface area contributed by atoms with Gasteiger partial charge in [-0.3, -0.25) is 0 Å². The highest BCUT2D eigenvalue weighted by atomic mass is 16.6. The number of hydrogen-bond donors (Lipinski definition) is 2. The molecule has 43 heavy (non-hydrogen) atoms. The lowest BCUT2D eigenvalue weighted by molar-refractivity contribution is 0.0515. The van der Waals surface area contributed by atoms with Crippen molar-refractivity contribution < 1.29 is 14.9 Å². The number of allylic oxidation sites excluding steroid dienone is 18. The normalized spacial score (nSPS) is 32.3. The average Bonchev–Trinajstić information content (AvgIpc) is 3.49. The van der Waals surface area contributed by atoms with Crippen LogP contribution in [0.1, 0.15) is 94.9 Å². The summed E-state index contributed by atoms with van der Waals surface area (Å²) in [6.07, 6.45) is 32.3. The predicted molar refractivity (Wildman–Crippen MR) is 184 cm³/mol. The average molecular weight is 585 g/mol. The minimum Gasteiger partial charge on any atom is -0.393 e. The third-order valence-electron chi connectivity index (χ3n) is 9.34. The van der Waals surface area contributed by atoms with E-state index >= 15 is 0 Å². The van der Waals surface area contributed by atoms with Crippen molar-refractivity contribution in [3.05, 3.63) is 119 Å². The van der Waals surface area contributed by atoms with Crippen LogP contribution < -0.4 is 0 Å². The standard InChI is InChI=1S/C40H56O3/c1-29(17-13-19-31(3)21-22-36-33(5)25-34(41)26-37(36,6)7)15-11-12-16-30(2)18-14-20-32(4)23-24-40-38(8,9)27-35(42)28-39(40,10)43-40/h11-24,34-35,41-42H,25-28H2,1-10H3. The molecule has 4 atom stereocenters. The molecular formula is C40H56O3. The van der Waals surface area contributed by atoms with Crippen LogP contribution >= 0.6 is 0 Å². The van der Waals surface area contributed by atoms with Crippen LogP contribution in [0.3, 0.4) is 0 Å². The largest absolute Gasteiger partial charge is 0.393 e. The molecule has 1 aliphatic heterocycles. The second-order valence-corrected chi connectivity index (χ2v) is 14.6. The molecule has 1 saturated carbocycles. The van der Waals surface area contributed by atoms with Gasteiger partial charge in [0.15, 0.2) is 0 Å². The molecule has 3 heteroatoms. The molecule has 0 spiro atoms. The van der Waals surface area contributed by atoms with Crippen LogP contribution in [-0.2, 0) is 4.74 Å². The number of rotatable bonds is 10. The lowest BCUT2D eigenvalue weighted by Gasteiger charge is -2.39. The zero-order valence-electron chi connectivity index (χ0n) is 28.4. The number of epoxide rings is 1. The molecule has 234 valence electrons. The van der Waals surface area contributed by atoms with Gasteiger partial charge < -0.3 is 14.9 Å². The quantitative estimate of drug-likeness (QED) is 0.198. The number of ether oxygens (including phenoxy) is 1. The fraction of sp³-hybridized carbons (Fsp3) is 0.500. The summed E-state index contributed by atoms with van der Waals surface area (Å²) in [5.41, 5.74) is 6.71. The first kappa shape index (κ1) is 34.8. The molecule has 0 aromatic carbocycles. The zero-order valence-corrected chi connectivity index (χ0v) is 28.4. The second kappa shape index (κ2) is 13.9. The van der Waals surface area contributed by atoms with Gasteiger partial charge in [0.2, 0.25) is 0 Å². The van der Waals surface area contributed by atoms with Gasteiger partial charge in [0.1, 0.15) is 11.2 Å².